The third kappa shape index (κ3) is 2.63. The Morgan fingerprint density at radius 2 is 2.06 bits per heavy atom. The fourth-order valence-electron chi connectivity index (χ4n) is 1.95. The van der Waals surface area contributed by atoms with Gasteiger partial charge in [-0.2, -0.15) is 0 Å². The second-order valence-electron chi connectivity index (χ2n) is 4.08. The van der Waals surface area contributed by atoms with Gasteiger partial charge in [0.15, 0.2) is 0 Å². The van der Waals surface area contributed by atoms with Crippen LogP contribution in [0.4, 0.5) is 0 Å². The third-order valence-electron chi connectivity index (χ3n) is 2.77. The maximum Gasteiger partial charge on any atom is 0.246 e. The summed E-state index contributed by atoms with van der Waals surface area (Å²) in [6.45, 7) is 1.84. The molecule has 2 rings (SSSR count). The molecule has 0 saturated carbocycles. The van der Waals surface area contributed by atoms with Gasteiger partial charge in [0.05, 0.1) is 0 Å². The first-order valence-corrected chi connectivity index (χ1v) is 5.54. The average Bonchev–Trinajstić information content (AvgIpc) is 2.30. The summed E-state index contributed by atoms with van der Waals surface area (Å²) in [5.74, 6) is -0.294. The molecule has 0 unspecified atom stereocenters. The van der Waals surface area contributed by atoms with E-state index in [-0.39, 0.29) is 5.91 Å². The van der Waals surface area contributed by atoms with E-state index in [2.05, 4.69) is 17.0 Å². The van der Waals surface area contributed by atoms with Crippen molar-refractivity contribution in [1.82, 2.24) is 4.90 Å². The Bertz CT molecular complexity index is 398. The van der Waals surface area contributed by atoms with Gasteiger partial charge in [0.25, 0.3) is 0 Å². The van der Waals surface area contributed by atoms with Crippen LogP contribution in [0.5, 0.6) is 0 Å². The minimum Gasteiger partial charge on any atom is -0.373 e. The highest BCUT2D eigenvalue weighted by molar-refractivity contribution is 5.91. The Kier molecular flexibility index (Phi) is 3.25. The molecule has 1 aliphatic rings. The topological polar surface area (TPSA) is 46.3 Å². The number of nitrogens with zero attached hydrogens (tertiary/aromatic N) is 1. The van der Waals surface area contributed by atoms with Gasteiger partial charge in [-0.1, -0.05) is 30.3 Å². The molecule has 0 spiro atoms. The Labute approximate surface area is 95.6 Å². The minimum atomic E-state index is -0.294. The van der Waals surface area contributed by atoms with Crippen molar-refractivity contribution in [2.45, 2.75) is 19.4 Å². The fourth-order valence-corrected chi connectivity index (χ4v) is 1.95. The van der Waals surface area contributed by atoms with Gasteiger partial charge in [0, 0.05) is 24.9 Å². The SMILES string of the molecule is NC(=O)C1=CN(Cc2ccccc2)CCC1. The second kappa shape index (κ2) is 4.84. The van der Waals surface area contributed by atoms with Crippen molar-refractivity contribution in [1.29, 1.82) is 0 Å². The predicted molar refractivity (Wildman–Crippen MR) is 63.4 cm³/mol. The number of carbonyl (C=O) groups is 1. The normalized spacial score (nSPS) is 15.8. The maximum absolute atomic E-state index is 11.1. The van der Waals surface area contributed by atoms with Crippen LogP contribution >= 0.6 is 0 Å². The summed E-state index contributed by atoms with van der Waals surface area (Å²) in [5.41, 5.74) is 7.28. The minimum absolute atomic E-state index is 0.294. The molecule has 0 bridgehead atoms. The molecule has 1 aromatic rings. The lowest BCUT2D eigenvalue weighted by atomic mass is 10.1. The highest BCUT2D eigenvalue weighted by Gasteiger charge is 2.13. The van der Waals surface area contributed by atoms with E-state index in [1.807, 2.05) is 24.4 Å². The molecule has 0 saturated heterocycles. The molecule has 0 atom stereocenters. The van der Waals surface area contributed by atoms with E-state index in [9.17, 15) is 4.79 Å². The van der Waals surface area contributed by atoms with Crippen LogP contribution in [0.1, 0.15) is 18.4 Å². The Balaban J connectivity index is 2.06. The quantitative estimate of drug-likeness (QED) is 0.835. The van der Waals surface area contributed by atoms with Crippen molar-refractivity contribution in [3.05, 3.63) is 47.7 Å². The van der Waals surface area contributed by atoms with Crippen molar-refractivity contribution in [2.24, 2.45) is 5.73 Å². The molecule has 1 heterocycles. The van der Waals surface area contributed by atoms with Crippen molar-refractivity contribution < 1.29 is 4.79 Å². The van der Waals surface area contributed by atoms with Gasteiger partial charge in [0.1, 0.15) is 0 Å². The van der Waals surface area contributed by atoms with Gasteiger partial charge in [-0.05, 0) is 18.4 Å². The number of benzene rings is 1. The van der Waals surface area contributed by atoms with E-state index < -0.39 is 0 Å². The number of carbonyl (C=O) groups excluding carboxylic acids is 1. The molecule has 1 amide bonds. The molecule has 1 aliphatic heterocycles. The highest BCUT2D eigenvalue weighted by atomic mass is 16.1. The molecule has 2 N–H and O–H groups in total. The molecule has 3 nitrogen and oxygen atoms in total. The molecule has 0 aromatic heterocycles. The van der Waals surface area contributed by atoms with Gasteiger partial charge in [-0.15, -0.1) is 0 Å². The smallest absolute Gasteiger partial charge is 0.246 e. The zero-order valence-corrected chi connectivity index (χ0v) is 9.23. The van der Waals surface area contributed by atoms with Crippen LogP contribution in [0.15, 0.2) is 42.1 Å². The van der Waals surface area contributed by atoms with Gasteiger partial charge in [-0.25, -0.2) is 0 Å². The summed E-state index contributed by atoms with van der Waals surface area (Å²) in [4.78, 5) is 13.2. The summed E-state index contributed by atoms with van der Waals surface area (Å²) in [6, 6.07) is 10.2. The lowest BCUT2D eigenvalue weighted by molar-refractivity contribution is -0.114. The summed E-state index contributed by atoms with van der Waals surface area (Å²) in [7, 11) is 0. The monoisotopic (exact) mass is 216 g/mol. The van der Waals surface area contributed by atoms with Crippen molar-refractivity contribution in [3.8, 4) is 0 Å². The predicted octanol–water partition coefficient (Wildman–Crippen LogP) is 1.65. The first-order valence-electron chi connectivity index (χ1n) is 5.54. The second-order valence-corrected chi connectivity index (χ2v) is 4.08. The van der Waals surface area contributed by atoms with Crippen LogP contribution in [0, 0.1) is 0 Å². The van der Waals surface area contributed by atoms with Crippen LogP contribution in [-0.2, 0) is 11.3 Å². The summed E-state index contributed by atoms with van der Waals surface area (Å²) >= 11 is 0. The average molecular weight is 216 g/mol. The van der Waals surface area contributed by atoms with Gasteiger partial charge in [0.2, 0.25) is 5.91 Å². The Morgan fingerprint density at radius 3 is 2.75 bits per heavy atom. The molecule has 0 aliphatic carbocycles. The maximum atomic E-state index is 11.1. The summed E-state index contributed by atoms with van der Waals surface area (Å²) in [5, 5.41) is 0. The van der Waals surface area contributed by atoms with E-state index in [1.165, 1.54) is 5.56 Å². The van der Waals surface area contributed by atoms with Crippen molar-refractivity contribution in [2.75, 3.05) is 6.54 Å². The Hall–Kier alpha value is -1.77. The fraction of sp³-hybridized carbons (Fsp3) is 0.308. The zero-order chi connectivity index (χ0) is 11.4. The molecular formula is C13H16N2O. The molecule has 84 valence electrons. The number of amides is 1. The van der Waals surface area contributed by atoms with Crippen LogP contribution < -0.4 is 5.73 Å². The number of nitrogens with two attached hydrogens (primary N) is 1. The molecule has 0 fully saturated rings. The highest BCUT2D eigenvalue weighted by Crippen LogP contribution is 2.16. The van der Waals surface area contributed by atoms with Crippen molar-refractivity contribution in [3.63, 3.8) is 0 Å². The number of hydrogen-bond acceptors (Lipinski definition) is 2. The first-order chi connectivity index (χ1) is 7.75. The van der Waals surface area contributed by atoms with Gasteiger partial charge >= 0.3 is 0 Å². The third-order valence-corrected chi connectivity index (χ3v) is 2.77. The van der Waals surface area contributed by atoms with E-state index in [0.717, 1.165) is 31.5 Å². The Morgan fingerprint density at radius 1 is 1.31 bits per heavy atom. The number of rotatable bonds is 3. The van der Waals surface area contributed by atoms with Crippen LogP contribution in [0.3, 0.4) is 0 Å². The van der Waals surface area contributed by atoms with E-state index in [0.29, 0.717) is 0 Å². The lowest BCUT2D eigenvalue weighted by Gasteiger charge is -2.25. The number of hydrogen-bond donors (Lipinski definition) is 1. The van der Waals surface area contributed by atoms with E-state index in [4.69, 9.17) is 5.73 Å². The lowest BCUT2D eigenvalue weighted by Crippen LogP contribution is -2.26. The van der Waals surface area contributed by atoms with Gasteiger partial charge in [-0.3, -0.25) is 4.79 Å². The van der Waals surface area contributed by atoms with Crippen molar-refractivity contribution >= 4 is 5.91 Å². The largest absolute Gasteiger partial charge is 0.373 e. The summed E-state index contributed by atoms with van der Waals surface area (Å²) in [6.07, 6.45) is 3.71. The van der Waals surface area contributed by atoms with Crippen LogP contribution in [0.2, 0.25) is 0 Å². The van der Waals surface area contributed by atoms with Gasteiger partial charge < -0.3 is 10.6 Å². The molecule has 0 radical (unpaired) electrons. The van der Waals surface area contributed by atoms with E-state index >= 15 is 0 Å². The first kappa shape index (κ1) is 10.7. The standard InChI is InChI=1S/C13H16N2O/c14-13(16)12-7-4-8-15(10-12)9-11-5-2-1-3-6-11/h1-3,5-6,10H,4,7-9H2,(H2,14,16). The van der Waals surface area contributed by atoms with Crippen LogP contribution in [-0.4, -0.2) is 17.4 Å². The molecule has 1 aromatic carbocycles. The molecule has 16 heavy (non-hydrogen) atoms. The van der Waals surface area contributed by atoms with Crippen LogP contribution in [0.25, 0.3) is 0 Å². The zero-order valence-electron chi connectivity index (χ0n) is 9.23. The molecular weight excluding hydrogens is 200 g/mol. The molecule has 3 heteroatoms. The number of primary amides is 1. The van der Waals surface area contributed by atoms with E-state index in [1.54, 1.807) is 0 Å². The summed E-state index contributed by atoms with van der Waals surface area (Å²) < 4.78 is 0.